The van der Waals surface area contributed by atoms with Crippen LogP contribution in [0.4, 0.5) is 5.69 Å². The second-order valence-corrected chi connectivity index (χ2v) is 6.97. The normalized spacial score (nSPS) is 11.2. The summed E-state index contributed by atoms with van der Waals surface area (Å²) < 4.78 is 26.1. The maximum absolute atomic E-state index is 12.7. The van der Waals surface area contributed by atoms with E-state index in [4.69, 9.17) is 11.6 Å². The molecule has 0 fully saturated rings. The van der Waals surface area contributed by atoms with E-state index in [1.54, 1.807) is 12.1 Å². The van der Waals surface area contributed by atoms with Crippen molar-refractivity contribution in [1.29, 1.82) is 0 Å². The number of halogens is 1. The molecule has 0 radical (unpaired) electrons. The summed E-state index contributed by atoms with van der Waals surface area (Å²) in [5, 5.41) is 11.4. The Hall–Kier alpha value is -2.05. The number of anilines is 1. The average Bonchev–Trinajstić information content (AvgIpc) is 2.46. The van der Waals surface area contributed by atoms with E-state index < -0.39 is 22.5 Å². The Bertz CT molecular complexity index is 770. The fraction of sp³-hybridized carbons (Fsp3) is 0.133. The summed E-state index contributed by atoms with van der Waals surface area (Å²) >= 11 is 5.77. The molecule has 0 aliphatic rings. The van der Waals surface area contributed by atoms with Gasteiger partial charge in [0.1, 0.15) is 0 Å². The van der Waals surface area contributed by atoms with Crippen LogP contribution in [0.3, 0.4) is 0 Å². The molecule has 2 rings (SSSR count). The zero-order valence-corrected chi connectivity index (χ0v) is 13.3. The Kier molecular flexibility index (Phi) is 4.73. The van der Waals surface area contributed by atoms with Crippen molar-refractivity contribution in [3.63, 3.8) is 0 Å². The Labute approximate surface area is 133 Å². The van der Waals surface area contributed by atoms with Gasteiger partial charge in [0.05, 0.1) is 23.1 Å². The minimum atomic E-state index is -4.01. The number of carbonyl (C=O) groups is 1. The number of hydrogen-bond donors (Lipinski definition) is 0. The highest BCUT2D eigenvalue weighted by atomic mass is 35.5. The first-order valence-electron chi connectivity index (χ1n) is 6.35. The van der Waals surface area contributed by atoms with E-state index >= 15 is 0 Å². The van der Waals surface area contributed by atoms with Gasteiger partial charge < -0.3 is 9.90 Å². The summed E-state index contributed by atoms with van der Waals surface area (Å²) in [7, 11) is -4.01. The molecule has 0 atom stereocenters. The van der Waals surface area contributed by atoms with Crippen molar-refractivity contribution >= 4 is 33.3 Å². The van der Waals surface area contributed by atoms with Crippen LogP contribution >= 0.6 is 11.6 Å². The molecule has 2 aromatic carbocycles. The van der Waals surface area contributed by atoms with E-state index in [-0.39, 0.29) is 10.6 Å². The first-order chi connectivity index (χ1) is 10.3. The largest absolute Gasteiger partial charge is 0.548 e. The Morgan fingerprint density at radius 2 is 1.64 bits per heavy atom. The molecular weight excluding hydrogens is 326 g/mol. The third kappa shape index (κ3) is 3.58. The molecule has 7 heteroatoms. The van der Waals surface area contributed by atoms with Crippen molar-refractivity contribution in [2.45, 2.75) is 11.8 Å². The molecule has 0 saturated heterocycles. The molecule has 0 aliphatic heterocycles. The molecule has 0 saturated carbocycles. The van der Waals surface area contributed by atoms with Crippen molar-refractivity contribution < 1.29 is 18.3 Å². The van der Waals surface area contributed by atoms with E-state index in [0.29, 0.717) is 5.02 Å². The van der Waals surface area contributed by atoms with Crippen LogP contribution in [0, 0.1) is 6.92 Å². The molecular formula is C15H13ClNO4S-. The van der Waals surface area contributed by atoms with Crippen molar-refractivity contribution in [2.24, 2.45) is 0 Å². The SMILES string of the molecule is Cc1ccc(S(=O)(=O)N(CC(=O)[O-])c2ccc(Cl)cc2)cc1. The number of carbonyl (C=O) groups excluding carboxylic acids is 1. The van der Waals surface area contributed by atoms with Crippen LogP contribution in [0.25, 0.3) is 0 Å². The lowest BCUT2D eigenvalue weighted by molar-refractivity contribution is -0.303. The standard InChI is InChI=1S/C15H14ClNO4S/c1-11-2-8-14(9-3-11)22(20,21)17(10-15(18)19)13-6-4-12(16)5-7-13/h2-9H,10H2,1H3,(H,18,19)/p-1. The highest BCUT2D eigenvalue weighted by Gasteiger charge is 2.25. The van der Waals surface area contributed by atoms with Crippen LogP contribution in [0.1, 0.15) is 5.56 Å². The fourth-order valence-electron chi connectivity index (χ4n) is 1.88. The molecule has 0 N–H and O–H groups in total. The van der Waals surface area contributed by atoms with E-state index in [1.165, 1.54) is 36.4 Å². The number of sulfonamides is 1. The quantitative estimate of drug-likeness (QED) is 0.829. The van der Waals surface area contributed by atoms with E-state index in [2.05, 4.69) is 0 Å². The Morgan fingerprint density at radius 1 is 1.09 bits per heavy atom. The molecule has 0 bridgehead atoms. The van der Waals surface area contributed by atoms with Crippen molar-refractivity contribution in [3.8, 4) is 0 Å². The van der Waals surface area contributed by atoms with Crippen LogP contribution in [0.15, 0.2) is 53.4 Å². The summed E-state index contributed by atoms with van der Waals surface area (Å²) in [5.41, 5.74) is 1.10. The summed E-state index contributed by atoms with van der Waals surface area (Å²) in [5.74, 6) is -1.49. The van der Waals surface area contributed by atoms with Gasteiger partial charge in [0.15, 0.2) is 0 Å². The van der Waals surface area contributed by atoms with E-state index in [0.717, 1.165) is 9.87 Å². The van der Waals surface area contributed by atoms with Gasteiger partial charge in [-0.1, -0.05) is 29.3 Å². The third-order valence-electron chi connectivity index (χ3n) is 3.00. The lowest BCUT2D eigenvalue weighted by Crippen LogP contribution is -2.41. The topological polar surface area (TPSA) is 77.5 Å². The van der Waals surface area contributed by atoms with Crippen LogP contribution in [0.5, 0.6) is 0 Å². The summed E-state index contributed by atoms with van der Waals surface area (Å²) in [6, 6.07) is 12.0. The fourth-order valence-corrected chi connectivity index (χ4v) is 3.41. The number of aryl methyl sites for hydroxylation is 1. The second kappa shape index (κ2) is 6.37. The molecule has 0 spiro atoms. The molecule has 0 aromatic heterocycles. The highest BCUT2D eigenvalue weighted by Crippen LogP contribution is 2.25. The van der Waals surface area contributed by atoms with Crippen LogP contribution < -0.4 is 9.41 Å². The second-order valence-electron chi connectivity index (χ2n) is 4.67. The van der Waals surface area contributed by atoms with Gasteiger partial charge in [-0.25, -0.2) is 8.42 Å². The summed E-state index contributed by atoms with van der Waals surface area (Å²) in [6.07, 6.45) is 0. The third-order valence-corrected chi connectivity index (χ3v) is 5.04. The Balaban J connectivity index is 2.50. The molecule has 5 nitrogen and oxygen atoms in total. The number of rotatable bonds is 5. The number of hydrogen-bond acceptors (Lipinski definition) is 4. The number of carboxylic acids is 1. The first-order valence-corrected chi connectivity index (χ1v) is 8.17. The van der Waals surface area contributed by atoms with Gasteiger partial charge in [-0.05, 0) is 43.3 Å². The van der Waals surface area contributed by atoms with Crippen molar-refractivity contribution in [2.75, 3.05) is 10.8 Å². The predicted octanol–water partition coefficient (Wildman–Crippen LogP) is 1.59. The maximum atomic E-state index is 12.7. The van der Waals surface area contributed by atoms with Crippen LogP contribution in [-0.2, 0) is 14.8 Å². The highest BCUT2D eigenvalue weighted by molar-refractivity contribution is 7.92. The van der Waals surface area contributed by atoms with Gasteiger partial charge in [-0.3, -0.25) is 4.31 Å². The van der Waals surface area contributed by atoms with E-state index in [9.17, 15) is 18.3 Å². The molecule has 116 valence electrons. The number of aliphatic carboxylic acids is 1. The van der Waals surface area contributed by atoms with Gasteiger partial charge in [0.25, 0.3) is 10.0 Å². The number of nitrogens with zero attached hydrogens (tertiary/aromatic N) is 1. The predicted molar refractivity (Wildman–Crippen MR) is 82.2 cm³/mol. The van der Waals surface area contributed by atoms with Crippen molar-refractivity contribution in [1.82, 2.24) is 0 Å². The number of carboxylic acid groups (broad SMARTS) is 1. The molecule has 22 heavy (non-hydrogen) atoms. The van der Waals surface area contributed by atoms with Crippen molar-refractivity contribution in [3.05, 3.63) is 59.1 Å². The monoisotopic (exact) mass is 338 g/mol. The molecule has 0 heterocycles. The van der Waals surface area contributed by atoms with Crippen LogP contribution in [0.2, 0.25) is 5.02 Å². The van der Waals surface area contributed by atoms with Gasteiger partial charge in [0, 0.05) is 5.02 Å². The number of benzene rings is 2. The lowest BCUT2D eigenvalue weighted by atomic mass is 10.2. The smallest absolute Gasteiger partial charge is 0.264 e. The minimum absolute atomic E-state index is 0.00861. The van der Waals surface area contributed by atoms with Crippen LogP contribution in [-0.4, -0.2) is 20.9 Å². The zero-order valence-electron chi connectivity index (χ0n) is 11.7. The van der Waals surface area contributed by atoms with E-state index in [1.807, 2.05) is 6.92 Å². The Morgan fingerprint density at radius 3 is 2.14 bits per heavy atom. The van der Waals surface area contributed by atoms with Gasteiger partial charge in [0.2, 0.25) is 0 Å². The summed E-state index contributed by atoms with van der Waals surface area (Å²) in [6.45, 7) is 1.05. The minimum Gasteiger partial charge on any atom is -0.548 e. The first kappa shape index (κ1) is 16.3. The summed E-state index contributed by atoms with van der Waals surface area (Å²) in [4.78, 5) is 10.9. The molecule has 0 amide bonds. The molecule has 2 aromatic rings. The zero-order chi connectivity index (χ0) is 16.3. The molecule has 0 aliphatic carbocycles. The van der Waals surface area contributed by atoms with Gasteiger partial charge in [-0.15, -0.1) is 0 Å². The molecule has 0 unspecified atom stereocenters. The average molecular weight is 339 g/mol. The maximum Gasteiger partial charge on any atom is 0.264 e. The van der Waals surface area contributed by atoms with Gasteiger partial charge >= 0.3 is 0 Å². The van der Waals surface area contributed by atoms with Gasteiger partial charge in [-0.2, -0.15) is 0 Å². The lowest BCUT2D eigenvalue weighted by Gasteiger charge is -2.25.